The summed E-state index contributed by atoms with van der Waals surface area (Å²) in [4.78, 5) is 22.8. The molecule has 104 valence electrons. The Kier molecular flexibility index (Phi) is 5.85. The fraction of sp³-hybridized carbons (Fsp3) is 0.429. The molecular formula is C14H19NO4. The van der Waals surface area contributed by atoms with E-state index in [2.05, 4.69) is 5.32 Å². The number of hydrogen-bond donors (Lipinski definition) is 1. The van der Waals surface area contributed by atoms with Crippen molar-refractivity contribution in [2.24, 2.45) is 0 Å². The van der Waals surface area contributed by atoms with Crippen molar-refractivity contribution in [2.75, 3.05) is 19.0 Å². The lowest BCUT2D eigenvalue weighted by atomic mass is 10.2. The standard InChI is InChI=1S/C14H19NO4/c1-4-19-14(17)8-7-13(16)15-12-6-5-11(18-3)9-10(12)2/h5-6,9H,4,7-8H2,1-3H3,(H,15,16). The number of ether oxygens (including phenoxy) is 2. The number of hydrogen-bond acceptors (Lipinski definition) is 4. The molecule has 0 heterocycles. The molecule has 0 atom stereocenters. The molecule has 19 heavy (non-hydrogen) atoms. The van der Waals surface area contributed by atoms with Crippen molar-refractivity contribution in [3.8, 4) is 5.75 Å². The van der Waals surface area contributed by atoms with E-state index in [-0.39, 0.29) is 24.7 Å². The third kappa shape index (κ3) is 4.99. The lowest BCUT2D eigenvalue weighted by molar-refractivity contribution is -0.144. The fourth-order valence-electron chi connectivity index (χ4n) is 1.56. The summed E-state index contributed by atoms with van der Waals surface area (Å²) in [7, 11) is 1.59. The van der Waals surface area contributed by atoms with Gasteiger partial charge in [-0.05, 0) is 37.6 Å². The smallest absolute Gasteiger partial charge is 0.306 e. The SMILES string of the molecule is CCOC(=O)CCC(=O)Nc1ccc(OC)cc1C. The van der Waals surface area contributed by atoms with Gasteiger partial charge in [-0.1, -0.05) is 0 Å². The van der Waals surface area contributed by atoms with Crippen molar-refractivity contribution in [3.63, 3.8) is 0 Å². The van der Waals surface area contributed by atoms with Gasteiger partial charge in [-0.15, -0.1) is 0 Å². The molecule has 0 unspecified atom stereocenters. The molecule has 0 radical (unpaired) electrons. The van der Waals surface area contributed by atoms with Gasteiger partial charge in [0.2, 0.25) is 5.91 Å². The van der Waals surface area contributed by atoms with Crippen LogP contribution in [0, 0.1) is 6.92 Å². The van der Waals surface area contributed by atoms with E-state index in [0.717, 1.165) is 17.0 Å². The van der Waals surface area contributed by atoms with Crippen molar-refractivity contribution < 1.29 is 19.1 Å². The second kappa shape index (κ2) is 7.41. The van der Waals surface area contributed by atoms with Gasteiger partial charge in [-0.25, -0.2) is 0 Å². The molecule has 5 nitrogen and oxygen atoms in total. The number of carbonyl (C=O) groups is 2. The molecule has 1 aromatic rings. The van der Waals surface area contributed by atoms with Crippen molar-refractivity contribution in [3.05, 3.63) is 23.8 Å². The van der Waals surface area contributed by atoms with Crippen LogP contribution in [-0.4, -0.2) is 25.6 Å². The third-order valence-electron chi connectivity index (χ3n) is 2.57. The van der Waals surface area contributed by atoms with Crippen LogP contribution in [0.1, 0.15) is 25.3 Å². The summed E-state index contributed by atoms with van der Waals surface area (Å²) in [6.45, 7) is 3.94. The minimum Gasteiger partial charge on any atom is -0.497 e. The second-order valence-corrected chi connectivity index (χ2v) is 4.03. The number of esters is 1. The summed E-state index contributed by atoms with van der Waals surface area (Å²) in [5.74, 6) is 0.174. The van der Waals surface area contributed by atoms with Crippen LogP contribution in [0.15, 0.2) is 18.2 Å². The number of carbonyl (C=O) groups excluding carboxylic acids is 2. The Bertz CT molecular complexity index is 457. The largest absolute Gasteiger partial charge is 0.497 e. The predicted octanol–water partition coefficient (Wildman–Crippen LogP) is 2.29. The lowest BCUT2D eigenvalue weighted by Gasteiger charge is -2.09. The van der Waals surface area contributed by atoms with Crippen LogP contribution in [0.2, 0.25) is 0 Å². The van der Waals surface area contributed by atoms with Crippen LogP contribution < -0.4 is 10.1 Å². The van der Waals surface area contributed by atoms with Gasteiger partial charge in [0.25, 0.3) is 0 Å². The van der Waals surface area contributed by atoms with E-state index in [9.17, 15) is 9.59 Å². The van der Waals surface area contributed by atoms with Crippen LogP contribution in [0.5, 0.6) is 5.75 Å². The van der Waals surface area contributed by atoms with Crippen LogP contribution in [0.4, 0.5) is 5.69 Å². The summed E-state index contributed by atoms with van der Waals surface area (Å²) in [6, 6.07) is 5.38. The van der Waals surface area contributed by atoms with Crippen LogP contribution >= 0.6 is 0 Å². The first-order valence-corrected chi connectivity index (χ1v) is 6.17. The van der Waals surface area contributed by atoms with E-state index in [1.807, 2.05) is 13.0 Å². The quantitative estimate of drug-likeness (QED) is 0.801. The molecule has 0 saturated carbocycles. The highest BCUT2D eigenvalue weighted by atomic mass is 16.5. The average Bonchev–Trinajstić information content (AvgIpc) is 2.39. The third-order valence-corrected chi connectivity index (χ3v) is 2.57. The van der Waals surface area contributed by atoms with Crippen LogP contribution in [0.3, 0.4) is 0 Å². The zero-order chi connectivity index (χ0) is 14.3. The summed E-state index contributed by atoms with van der Waals surface area (Å²) in [5.41, 5.74) is 1.62. The van der Waals surface area contributed by atoms with E-state index in [1.54, 1.807) is 26.2 Å². The molecule has 1 N–H and O–H groups in total. The van der Waals surface area contributed by atoms with Crippen LogP contribution in [-0.2, 0) is 14.3 Å². The van der Waals surface area contributed by atoms with Gasteiger partial charge >= 0.3 is 5.97 Å². The molecule has 1 aromatic carbocycles. The van der Waals surface area contributed by atoms with Gasteiger partial charge in [0, 0.05) is 12.1 Å². The average molecular weight is 265 g/mol. The summed E-state index contributed by atoms with van der Waals surface area (Å²) < 4.78 is 9.85. The van der Waals surface area contributed by atoms with E-state index < -0.39 is 0 Å². The Morgan fingerprint density at radius 3 is 2.58 bits per heavy atom. The highest BCUT2D eigenvalue weighted by Crippen LogP contribution is 2.21. The normalized spacial score (nSPS) is 9.84. The van der Waals surface area contributed by atoms with Gasteiger partial charge in [0.1, 0.15) is 5.75 Å². The number of benzene rings is 1. The first-order chi connectivity index (χ1) is 9.06. The lowest BCUT2D eigenvalue weighted by Crippen LogP contribution is -2.15. The van der Waals surface area contributed by atoms with Crippen molar-refractivity contribution in [1.82, 2.24) is 0 Å². The van der Waals surface area contributed by atoms with Crippen molar-refractivity contribution in [1.29, 1.82) is 0 Å². The maximum atomic E-state index is 11.7. The van der Waals surface area contributed by atoms with E-state index >= 15 is 0 Å². The van der Waals surface area contributed by atoms with E-state index in [4.69, 9.17) is 9.47 Å². The maximum Gasteiger partial charge on any atom is 0.306 e. The molecule has 1 amide bonds. The zero-order valence-corrected chi connectivity index (χ0v) is 11.5. The van der Waals surface area contributed by atoms with Gasteiger partial charge < -0.3 is 14.8 Å². The summed E-state index contributed by atoms with van der Waals surface area (Å²) in [6.07, 6.45) is 0.208. The number of rotatable bonds is 6. The monoisotopic (exact) mass is 265 g/mol. The summed E-state index contributed by atoms with van der Waals surface area (Å²) in [5, 5.41) is 2.76. The van der Waals surface area contributed by atoms with Crippen molar-refractivity contribution >= 4 is 17.6 Å². The van der Waals surface area contributed by atoms with Gasteiger partial charge in [0.15, 0.2) is 0 Å². The Hall–Kier alpha value is -2.04. The van der Waals surface area contributed by atoms with Gasteiger partial charge in [-0.2, -0.15) is 0 Å². The molecular weight excluding hydrogens is 246 g/mol. The topological polar surface area (TPSA) is 64.6 Å². The fourth-order valence-corrected chi connectivity index (χ4v) is 1.56. The van der Waals surface area contributed by atoms with E-state index in [1.165, 1.54) is 0 Å². The Labute approximate surface area is 112 Å². The van der Waals surface area contributed by atoms with Gasteiger partial charge in [-0.3, -0.25) is 9.59 Å². The first kappa shape index (κ1) is 15.0. The maximum absolute atomic E-state index is 11.7. The molecule has 0 aliphatic heterocycles. The second-order valence-electron chi connectivity index (χ2n) is 4.03. The molecule has 0 bridgehead atoms. The Balaban J connectivity index is 2.50. The molecule has 0 aliphatic carbocycles. The molecule has 0 aromatic heterocycles. The molecule has 0 spiro atoms. The Morgan fingerprint density at radius 2 is 2.00 bits per heavy atom. The van der Waals surface area contributed by atoms with E-state index in [0.29, 0.717) is 6.61 Å². The molecule has 0 fully saturated rings. The molecule has 1 rings (SSSR count). The number of amides is 1. The highest BCUT2D eigenvalue weighted by molar-refractivity contribution is 5.93. The van der Waals surface area contributed by atoms with Gasteiger partial charge in [0.05, 0.1) is 20.1 Å². The highest BCUT2D eigenvalue weighted by Gasteiger charge is 2.09. The minimum absolute atomic E-state index is 0.0921. The molecule has 5 heteroatoms. The number of nitrogens with one attached hydrogen (secondary N) is 1. The predicted molar refractivity (Wildman–Crippen MR) is 72.2 cm³/mol. The van der Waals surface area contributed by atoms with Crippen molar-refractivity contribution in [2.45, 2.75) is 26.7 Å². The molecule has 0 saturated heterocycles. The minimum atomic E-state index is -0.357. The summed E-state index contributed by atoms with van der Waals surface area (Å²) >= 11 is 0. The number of aryl methyl sites for hydroxylation is 1. The van der Waals surface area contributed by atoms with Crippen LogP contribution in [0.25, 0.3) is 0 Å². The Morgan fingerprint density at radius 1 is 1.26 bits per heavy atom. The zero-order valence-electron chi connectivity index (χ0n) is 11.5. The number of anilines is 1. The number of methoxy groups -OCH3 is 1. The molecule has 0 aliphatic rings. The first-order valence-electron chi connectivity index (χ1n) is 6.17.